The lowest BCUT2D eigenvalue weighted by Crippen LogP contribution is -2.14. The van der Waals surface area contributed by atoms with Gasteiger partial charge in [0.1, 0.15) is 11.5 Å². The van der Waals surface area contributed by atoms with Gasteiger partial charge in [-0.15, -0.1) is 10.2 Å². The number of methoxy groups -OCH3 is 2. The highest BCUT2D eigenvalue weighted by Crippen LogP contribution is 2.33. The van der Waals surface area contributed by atoms with E-state index in [-0.39, 0.29) is 11.7 Å². The molecule has 0 unspecified atom stereocenters. The molecule has 0 saturated carbocycles. The maximum Gasteiger partial charge on any atom is 0.234 e. The Labute approximate surface area is 203 Å². The van der Waals surface area contributed by atoms with E-state index in [1.165, 1.54) is 17.3 Å². The zero-order chi connectivity index (χ0) is 23.9. The average molecular weight is 475 g/mol. The van der Waals surface area contributed by atoms with Gasteiger partial charge in [0.25, 0.3) is 0 Å². The monoisotopic (exact) mass is 474 g/mol. The van der Waals surface area contributed by atoms with Crippen LogP contribution in [0.1, 0.15) is 12.5 Å². The van der Waals surface area contributed by atoms with Crippen molar-refractivity contribution in [1.29, 1.82) is 0 Å². The lowest BCUT2D eigenvalue weighted by Gasteiger charge is -2.13. The van der Waals surface area contributed by atoms with Crippen LogP contribution in [0.5, 0.6) is 11.5 Å². The molecule has 0 radical (unpaired) electrons. The maximum absolute atomic E-state index is 12.7. The van der Waals surface area contributed by atoms with Crippen LogP contribution in [-0.2, 0) is 11.2 Å². The summed E-state index contributed by atoms with van der Waals surface area (Å²) in [6.45, 7) is 2.09. The number of hydrogen-bond donors (Lipinski definition) is 1. The normalized spacial score (nSPS) is 10.7. The number of anilines is 1. The van der Waals surface area contributed by atoms with Crippen LogP contribution >= 0.6 is 11.8 Å². The lowest BCUT2D eigenvalue weighted by atomic mass is 10.1. The molecule has 4 rings (SSSR count). The van der Waals surface area contributed by atoms with Crippen LogP contribution in [0.15, 0.2) is 78.0 Å². The molecule has 0 spiro atoms. The molecular weight excluding hydrogens is 448 g/mol. The van der Waals surface area contributed by atoms with Crippen LogP contribution in [0.3, 0.4) is 0 Å². The van der Waals surface area contributed by atoms with Crippen molar-refractivity contribution in [2.45, 2.75) is 18.5 Å². The molecule has 7 nitrogen and oxygen atoms in total. The summed E-state index contributed by atoms with van der Waals surface area (Å²) in [5, 5.41) is 12.4. The van der Waals surface area contributed by atoms with Crippen LogP contribution in [0.4, 0.5) is 5.69 Å². The molecule has 1 amide bonds. The first-order chi connectivity index (χ1) is 16.6. The number of aromatic nitrogens is 3. The summed E-state index contributed by atoms with van der Waals surface area (Å²) in [5.41, 5.74) is 3.62. The van der Waals surface area contributed by atoms with Gasteiger partial charge in [0.15, 0.2) is 11.0 Å². The Hall–Kier alpha value is -3.78. The molecule has 3 aromatic carbocycles. The second-order valence-corrected chi connectivity index (χ2v) is 8.37. The quantitative estimate of drug-likeness (QED) is 0.334. The van der Waals surface area contributed by atoms with Crippen molar-refractivity contribution in [3.8, 4) is 28.6 Å². The molecule has 1 N–H and O–H groups in total. The van der Waals surface area contributed by atoms with Gasteiger partial charge in [0, 0.05) is 5.69 Å². The minimum absolute atomic E-state index is 0.110. The molecule has 174 valence electrons. The SMILES string of the molecule is CCc1cccc(NC(=O)CSc2nnc(-c3ccccc3OC)n2-c2ccc(OC)cc2)c1. The number of carbonyl (C=O) groups excluding carboxylic acids is 1. The third-order valence-corrected chi connectivity index (χ3v) is 6.19. The van der Waals surface area contributed by atoms with Gasteiger partial charge in [-0.3, -0.25) is 9.36 Å². The van der Waals surface area contributed by atoms with Crippen molar-refractivity contribution >= 4 is 23.4 Å². The smallest absolute Gasteiger partial charge is 0.234 e. The van der Waals surface area contributed by atoms with Crippen molar-refractivity contribution in [3.05, 3.63) is 78.4 Å². The summed E-state index contributed by atoms with van der Waals surface area (Å²) in [4.78, 5) is 12.7. The third kappa shape index (κ3) is 5.23. The van der Waals surface area contributed by atoms with Crippen LogP contribution in [0.2, 0.25) is 0 Å². The largest absolute Gasteiger partial charge is 0.497 e. The number of ether oxygens (including phenoxy) is 2. The Morgan fingerprint density at radius 2 is 1.76 bits per heavy atom. The van der Waals surface area contributed by atoms with Gasteiger partial charge in [-0.1, -0.05) is 43.0 Å². The number of amides is 1. The van der Waals surface area contributed by atoms with E-state index in [2.05, 4.69) is 22.4 Å². The Balaban J connectivity index is 1.62. The van der Waals surface area contributed by atoms with Crippen molar-refractivity contribution in [2.75, 3.05) is 25.3 Å². The van der Waals surface area contributed by atoms with Crippen molar-refractivity contribution in [1.82, 2.24) is 14.8 Å². The van der Waals surface area contributed by atoms with E-state index >= 15 is 0 Å². The summed E-state index contributed by atoms with van der Waals surface area (Å²) >= 11 is 1.32. The number of aryl methyl sites for hydroxylation is 1. The first-order valence-electron chi connectivity index (χ1n) is 10.9. The number of rotatable bonds is 9. The highest BCUT2D eigenvalue weighted by atomic mass is 32.2. The van der Waals surface area contributed by atoms with Gasteiger partial charge in [-0.05, 0) is 60.5 Å². The second kappa shape index (κ2) is 10.9. The van der Waals surface area contributed by atoms with Gasteiger partial charge in [0.2, 0.25) is 5.91 Å². The predicted octanol–water partition coefficient (Wildman–Crippen LogP) is 5.24. The van der Waals surface area contributed by atoms with Crippen LogP contribution in [0, 0.1) is 0 Å². The van der Waals surface area contributed by atoms with Gasteiger partial charge in [-0.25, -0.2) is 0 Å². The van der Waals surface area contributed by atoms with Crippen LogP contribution < -0.4 is 14.8 Å². The number of nitrogens with one attached hydrogen (secondary N) is 1. The highest BCUT2D eigenvalue weighted by Gasteiger charge is 2.20. The van der Waals surface area contributed by atoms with E-state index in [1.54, 1.807) is 14.2 Å². The van der Waals surface area contributed by atoms with Crippen LogP contribution in [-0.4, -0.2) is 40.6 Å². The summed E-state index contributed by atoms with van der Waals surface area (Å²) < 4.78 is 12.8. The molecule has 0 aliphatic rings. The fraction of sp³-hybridized carbons (Fsp3) is 0.192. The standard InChI is InChI=1S/C26H26N4O3S/c1-4-18-8-7-9-19(16-18)27-24(31)17-34-26-29-28-25(22-10-5-6-11-23(22)33-3)30(26)20-12-14-21(32-2)15-13-20/h5-16H,4,17H2,1-3H3,(H,27,31). The third-order valence-electron chi connectivity index (χ3n) is 5.26. The average Bonchev–Trinajstić information content (AvgIpc) is 3.31. The van der Waals surface area contributed by atoms with Gasteiger partial charge < -0.3 is 14.8 Å². The summed E-state index contributed by atoms with van der Waals surface area (Å²) in [5.74, 6) is 2.15. The van der Waals surface area contributed by atoms with Gasteiger partial charge >= 0.3 is 0 Å². The fourth-order valence-electron chi connectivity index (χ4n) is 3.53. The Morgan fingerprint density at radius 3 is 2.50 bits per heavy atom. The molecule has 0 saturated heterocycles. The number of thioether (sulfide) groups is 1. The van der Waals surface area contributed by atoms with Crippen molar-refractivity contribution in [3.63, 3.8) is 0 Å². The number of benzene rings is 3. The summed E-state index contributed by atoms with van der Waals surface area (Å²) in [6.07, 6.45) is 0.912. The number of hydrogen-bond acceptors (Lipinski definition) is 6. The molecule has 8 heteroatoms. The molecule has 4 aromatic rings. The Kier molecular flexibility index (Phi) is 7.49. The number of nitrogens with zero attached hydrogens (tertiary/aromatic N) is 3. The number of carbonyl (C=O) groups is 1. The summed E-state index contributed by atoms with van der Waals surface area (Å²) in [7, 11) is 3.25. The predicted molar refractivity (Wildman–Crippen MR) is 135 cm³/mol. The van der Waals surface area contributed by atoms with E-state index in [0.29, 0.717) is 16.7 Å². The molecule has 0 bridgehead atoms. The van der Waals surface area contributed by atoms with E-state index in [4.69, 9.17) is 9.47 Å². The molecule has 34 heavy (non-hydrogen) atoms. The molecule has 0 aliphatic carbocycles. The molecule has 1 aromatic heterocycles. The highest BCUT2D eigenvalue weighted by molar-refractivity contribution is 7.99. The first kappa shape index (κ1) is 23.4. The molecule has 0 aliphatic heterocycles. The van der Waals surface area contributed by atoms with Gasteiger partial charge in [0.05, 0.1) is 31.2 Å². The van der Waals surface area contributed by atoms with Crippen LogP contribution in [0.25, 0.3) is 17.1 Å². The van der Waals surface area contributed by atoms with E-state index in [0.717, 1.165) is 29.1 Å². The van der Waals surface area contributed by atoms with E-state index in [9.17, 15) is 4.79 Å². The molecule has 0 fully saturated rings. The number of para-hydroxylation sites is 1. The zero-order valence-electron chi connectivity index (χ0n) is 19.3. The first-order valence-corrected chi connectivity index (χ1v) is 11.9. The van der Waals surface area contributed by atoms with Crippen molar-refractivity contribution in [2.24, 2.45) is 0 Å². The van der Waals surface area contributed by atoms with Crippen molar-refractivity contribution < 1.29 is 14.3 Å². The maximum atomic E-state index is 12.7. The minimum atomic E-state index is -0.110. The zero-order valence-corrected chi connectivity index (χ0v) is 20.1. The topological polar surface area (TPSA) is 78.3 Å². The molecule has 0 atom stereocenters. The summed E-state index contributed by atoms with van der Waals surface area (Å²) in [6, 6.07) is 23.1. The molecule has 1 heterocycles. The van der Waals surface area contributed by atoms with Gasteiger partial charge in [-0.2, -0.15) is 0 Å². The minimum Gasteiger partial charge on any atom is -0.497 e. The Morgan fingerprint density at radius 1 is 0.971 bits per heavy atom. The van der Waals surface area contributed by atoms with E-state index < -0.39 is 0 Å². The lowest BCUT2D eigenvalue weighted by molar-refractivity contribution is -0.113. The fourth-order valence-corrected chi connectivity index (χ4v) is 4.28. The second-order valence-electron chi connectivity index (χ2n) is 7.43. The Bertz CT molecular complexity index is 1270. The molecular formula is C26H26N4O3S. The van der Waals surface area contributed by atoms with E-state index in [1.807, 2.05) is 77.4 Å².